The van der Waals surface area contributed by atoms with Gasteiger partial charge in [-0.2, -0.15) is 5.10 Å². The van der Waals surface area contributed by atoms with Gasteiger partial charge in [0.25, 0.3) is 0 Å². The van der Waals surface area contributed by atoms with Crippen molar-refractivity contribution in [2.45, 2.75) is 33.7 Å². The zero-order valence-electron chi connectivity index (χ0n) is 11.6. The van der Waals surface area contributed by atoms with Crippen molar-refractivity contribution in [3.05, 3.63) is 35.5 Å². The minimum absolute atomic E-state index is 0.905. The number of hydrogen-bond donors (Lipinski definition) is 1. The first-order chi connectivity index (χ1) is 9.19. The number of hydrogen-bond acceptors (Lipinski definition) is 2. The number of nitrogens with one attached hydrogen (secondary N) is 1. The number of H-pyrrole nitrogens is 1. The summed E-state index contributed by atoms with van der Waals surface area (Å²) in [4.78, 5) is 8.10. The standard InChI is InChI=1S/C15H18N4/c1-4-8-19-15-13(11(3)18-19)16-14(17-15)12-7-5-6-10(2)9-12/h5-7,9H,4,8H2,1-3H3,(H,16,17). The fourth-order valence-electron chi connectivity index (χ4n) is 2.38. The molecule has 0 spiro atoms. The summed E-state index contributed by atoms with van der Waals surface area (Å²) in [6.07, 6.45) is 1.06. The summed E-state index contributed by atoms with van der Waals surface area (Å²) in [6.45, 7) is 7.17. The van der Waals surface area contributed by atoms with Gasteiger partial charge in [-0.1, -0.05) is 30.7 Å². The molecule has 0 radical (unpaired) electrons. The second-order valence-corrected chi connectivity index (χ2v) is 4.96. The molecule has 1 aromatic carbocycles. The Labute approximate surface area is 112 Å². The lowest BCUT2D eigenvalue weighted by molar-refractivity contribution is 0.612. The topological polar surface area (TPSA) is 46.5 Å². The monoisotopic (exact) mass is 254 g/mol. The Morgan fingerprint density at radius 1 is 1.26 bits per heavy atom. The highest BCUT2D eigenvalue weighted by Gasteiger charge is 2.13. The van der Waals surface area contributed by atoms with Crippen molar-refractivity contribution in [1.29, 1.82) is 0 Å². The number of aromatic nitrogens is 4. The highest BCUT2D eigenvalue weighted by atomic mass is 15.3. The van der Waals surface area contributed by atoms with Crippen molar-refractivity contribution in [2.24, 2.45) is 0 Å². The predicted molar refractivity (Wildman–Crippen MR) is 77.1 cm³/mol. The molecule has 0 aliphatic heterocycles. The van der Waals surface area contributed by atoms with Gasteiger partial charge in [-0.05, 0) is 26.3 Å². The van der Waals surface area contributed by atoms with E-state index in [4.69, 9.17) is 4.98 Å². The molecule has 3 rings (SSSR count). The SMILES string of the molecule is CCCn1nc(C)c2[nH]c(-c3cccc(C)c3)nc21. The smallest absolute Gasteiger partial charge is 0.177 e. The minimum Gasteiger partial charge on any atom is -0.335 e. The van der Waals surface area contributed by atoms with Crippen LogP contribution in [0.4, 0.5) is 0 Å². The molecule has 0 aliphatic carbocycles. The van der Waals surface area contributed by atoms with E-state index >= 15 is 0 Å². The molecule has 0 saturated heterocycles. The molecule has 0 aliphatic rings. The fraction of sp³-hybridized carbons (Fsp3) is 0.333. The number of fused-ring (bicyclic) bond motifs is 1. The van der Waals surface area contributed by atoms with Gasteiger partial charge >= 0.3 is 0 Å². The third-order valence-electron chi connectivity index (χ3n) is 3.29. The highest BCUT2D eigenvalue weighted by Crippen LogP contribution is 2.23. The Kier molecular flexibility index (Phi) is 2.85. The average Bonchev–Trinajstić information content (AvgIpc) is 2.93. The number of rotatable bonds is 3. The maximum Gasteiger partial charge on any atom is 0.177 e. The molecule has 4 heteroatoms. The molecule has 19 heavy (non-hydrogen) atoms. The predicted octanol–water partition coefficient (Wildman–Crippen LogP) is 3.45. The molecule has 2 heterocycles. The largest absolute Gasteiger partial charge is 0.335 e. The number of nitrogens with zero attached hydrogens (tertiary/aromatic N) is 3. The molecule has 4 nitrogen and oxygen atoms in total. The molecule has 0 saturated carbocycles. The van der Waals surface area contributed by atoms with Crippen LogP contribution in [-0.4, -0.2) is 19.7 Å². The van der Waals surface area contributed by atoms with Crippen molar-refractivity contribution < 1.29 is 0 Å². The van der Waals surface area contributed by atoms with Crippen molar-refractivity contribution in [1.82, 2.24) is 19.7 Å². The van der Waals surface area contributed by atoms with Gasteiger partial charge in [0.1, 0.15) is 11.3 Å². The zero-order valence-corrected chi connectivity index (χ0v) is 11.6. The molecular weight excluding hydrogens is 236 g/mol. The molecule has 0 fully saturated rings. The third kappa shape index (κ3) is 2.03. The van der Waals surface area contributed by atoms with Crippen LogP contribution in [0, 0.1) is 13.8 Å². The van der Waals surface area contributed by atoms with Gasteiger partial charge in [0.15, 0.2) is 5.65 Å². The van der Waals surface area contributed by atoms with E-state index in [0.29, 0.717) is 0 Å². The molecule has 0 bridgehead atoms. The Hall–Kier alpha value is -2.10. The second kappa shape index (κ2) is 4.53. The van der Waals surface area contributed by atoms with Crippen LogP contribution in [0.2, 0.25) is 0 Å². The van der Waals surface area contributed by atoms with Crippen LogP contribution in [0.5, 0.6) is 0 Å². The Morgan fingerprint density at radius 3 is 2.84 bits per heavy atom. The van der Waals surface area contributed by atoms with Crippen LogP contribution in [-0.2, 0) is 6.54 Å². The van der Waals surface area contributed by atoms with Gasteiger partial charge in [-0.3, -0.25) is 0 Å². The molecule has 1 N–H and O–H groups in total. The van der Waals surface area contributed by atoms with Crippen LogP contribution in [0.3, 0.4) is 0 Å². The lowest BCUT2D eigenvalue weighted by Gasteiger charge is -1.99. The lowest BCUT2D eigenvalue weighted by Crippen LogP contribution is -1.99. The maximum atomic E-state index is 4.71. The van der Waals surface area contributed by atoms with E-state index in [1.165, 1.54) is 5.56 Å². The van der Waals surface area contributed by atoms with Gasteiger partial charge in [-0.25, -0.2) is 9.67 Å². The summed E-state index contributed by atoms with van der Waals surface area (Å²) in [5.74, 6) is 0.920. The Balaban J connectivity index is 2.13. The number of benzene rings is 1. The molecular formula is C15H18N4. The molecule has 0 atom stereocenters. The molecule has 2 aromatic heterocycles. The van der Waals surface area contributed by atoms with Gasteiger partial charge in [0, 0.05) is 12.1 Å². The molecule has 98 valence electrons. The van der Waals surface area contributed by atoms with E-state index in [-0.39, 0.29) is 0 Å². The summed E-state index contributed by atoms with van der Waals surface area (Å²) >= 11 is 0. The first kappa shape index (κ1) is 12.0. The van der Waals surface area contributed by atoms with Gasteiger partial charge in [-0.15, -0.1) is 0 Å². The van der Waals surface area contributed by atoms with E-state index in [0.717, 1.165) is 41.2 Å². The van der Waals surface area contributed by atoms with Crippen molar-refractivity contribution in [3.8, 4) is 11.4 Å². The van der Waals surface area contributed by atoms with E-state index in [1.807, 2.05) is 11.6 Å². The average molecular weight is 254 g/mol. The van der Waals surface area contributed by atoms with Crippen molar-refractivity contribution >= 4 is 11.2 Å². The summed E-state index contributed by atoms with van der Waals surface area (Å²) < 4.78 is 1.99. The van der Waals surface area contributed by atoms with Gasteiger partial charge in [0.05, 0.1) is 5.69 Å². The van der Waals surface area contributed by atoms with Crippen LogP contribution in [0.15, 0.2) is 24.3 Å². The number of aromatic amines is 1. The van der Waals surface area contributed by atoms with E-state index in [9.17, 15) is 0 Å². The summed E-state index contributed by atoms with van der Waals surface area (Å²) in [5, 5.41) is 4.51. The van der Waals surface area contributed by atoms with E-state index < -0.39 is 0 Å². The highest BCUT2D eigenvalue weighted by molar-refractivity contribution is 5.78. The second-order valence-electron chi connectivity index (χ2n) is 4.96. The molecule has 3 aromatic rings. The maximum absolute atomic E-state index is 4.71. The van der Waals surface area contributed by atoms with Crippen LogP contribution in [0.1, 0.15) is 24.6 Å². The number of imidazole rings is 1. The summed E-state index contributed by atoms with van der Waals surface area (Å²) in [7, 11) is 0. The van der Waals surface area contributed by atoms with Gasteiger partial charge in [0.2, 0.25) is 0 Å². The van der Waals surface area contributed by atoms with Crippen LogP contribution in [0.25, 0.3) is 22.6 Å². The fourth-order valence-corrected chi connectivity index (χ4v) is 2.38. The quantitative estimate of drug-likeness (QED) is 0.778. The van der Waals surface area contributed by atoms with Crippen LogP contribution >= 0.6 is 0 Å². The molecule has 0 amide bonds. The Morgan fingerprint density at radius 2 is 2.11 bits per heavy atom. The van der Waals surface area contributed by atoms with E-state index in [2.05, 4.69) is 48.2 Å². The normalized spacial score (nSPS) is 11.3. The number of aryl methyl sites for hydroxylation is 3. The first-order valence-corrected chi connectivity index (χ1v) is 6.69. The van der Waals surface area contributed by atoms with Crippen LogP contribution < -0.4 is 0 Å². The lowest BCUT2D eigenvalue weighted by atomic mass is 10.1. The molecule has 0 unspecified atom stereocenters. The van der Waals surface area contributed by atoms with Gasteiger partial charge < -0.3 is 4.98 Å². The minimum atomic E-state index is 0.905. The Bertz CT molecular complexity index is 721. The van der Waals surface area contributed by atoms with Crippen molar-refractivity contribution in [2.75, 3.05) is 0 Å². The summed E-state index contributed by atoms with van der Waals surface area (Å²) in [6, 6.07) is 8.38. The zero-order chi connectivity index (χ0) is 13.4. The van der Waals surface area contributed by atoms with Crippen molar-refractivity contribution in [3.63, 3.8) is 0 Å². The third-order valence-corrected chi connectivity index (χ3v) is 3.29. The summed E-state index contributed by atoms with van der Waals surface area (Å²) in [5.41, 5.74) is 5.37. The first-order valence-electron chi connectivity index (χ1n) is 6.69. The van der Waals surface area contributed by atoms with E-state index in [1.54, 1.807) is 0 Å².